The molecule has 1 aliphatic rings. The topological polar surface area (TPSA) is 84.9 Å². The molecule has 0 amide bonds. The lowest BCUT2D eigenvalue weighted by Gasteiger charge is -2.31. The predicted octanol–water partition coefficient (Wildman–Crippen LogP) is 3.25. The molecule has 0 spiro atoms. The zero-order valence-corrected chi connectivity index (χ0v) is 17.7. The molecule has 0 aliphatic carbocycles. The van der Waals surface area contributed by atoms with Gasteiger partial charge in [-0.1, -0.05) is 12.1 Å². The van der Waals surface area contributed by atoms with E-state index in [0.717, 1.165) is 47.9 Å². The predicted molar refractivity (Wildman–Crippen MR) is 124 cm³/mol. The second-order valence-corrected chi connectivity index (χ2v) is 8.06. The molecule has 0 saturated carbocycles. The number of benzene rings is 1. The molecule has 1 fully saturated rings. The van der Waals surface area contributed by atoms with Crippen molar-refractivity contribution >= 4 is 17.0 Å². The van der Waals surface area contributed by atoms with E-state index in [1.807, 2.05) is 24.3 Å². The van der Waals surface area contributed by atoms with Crippen LogP contribution in [-0.2, 0) is 6.54 Å². The highest BCUT2D eigenvalue weighted by molar-refractivity contribution is 5.82. The van der Waals surface area contributed by atoms with E-state index in [4.69, 9.17) is 10.7 Å². The molecule has 3 N–H and O–H groups in total. The molecule has 7 nitrogen and oxygen atoms in total. The number of nitrogens with two attached hydrogens (primary N) is 1. The van der Waals surface area contributed by atoms with Crippen LogP contribution in [0.1, 0.15) is 18.4 Å². The van der Waals surface area contributed by atoms with Crippen molar-refractivity contribution in [3.8, 4) is 17.1 Å². The van der Waals surface area contributed by atoms with E-state index >= 15 is 0 Å². The van der Waals surface area contributed by atoms with E-state index in [1.54, 1.807) is 12.4 Å². The minimum Gasteiger partial charge on any atom is -0.383 e. The fourth-order valence-electron chi connectivity index (χ4n) is 4.33. The van der Waals surface area contributed by atoms with Crippen LogP contribution in [0.25, 0.3) is 28.2 Å². The standard InChI is InChI=1S/C24H27N7/c1-26-18-10-14-30(15-11-18)16-17-6-8-19(9-7-17)31-23(20-4-2-12-27-22(20)25)29-21-5-3-13-28-24(21)31/h2-9,12-13,18,26H,10-11,14-16H2,1H3,(H2,25,27). The number of likely N-dealkylation sites (tertiary alicyclic amines) is 1. The highest BCUT2D eigenvalue weighted by Crippen LogP contribution is 2.30. The van der Waals surface area contributed by atoms with E-state index in [2.05, 4.69) is 56.1 Å². The lowest BCUT2D eigenvalue weighted by molar-refractivity contribution is 0.194. The lowest BCUT2D eigenvalue weighted by atomic mass is 10.0. The Balaban J connectivity index is 1.47. The number of aromatic nitrogens is 4. The third kappa shape index (κ3) is 3.89. The first-order valence-electron chi connectivity index (χ1n) is 10.8. The molecule has 1 saturated heterocycles. The summed E-state index contributed by atoms with van der Waals surface area (Å²) in [5.41, 5.74) is 10.9. The first-order chi connectivity index (χ1) is 15.2. The highest BCUT2D eigenvalue weighted by atomic mass is 15.1. The van der Waals surface area contributed by atoms with Crippen molar-refractivity contribution in [2.75, 3.05) is 25.9 Å². The van der Waals surface area contributed by atoms with Crippen LogP contribution in [0.2, 0.25) is 0 Å². The van der Waals surface area contributed by atoms with Crippen LogP contribution in [-0.4, -0.2) is 50.6 Å². The van der Waals surface area contributed by atoms with Crippen LogP contribution in [0, 0.1) is 0 Å². The maximum absolute atomic E-state index is 6.17. The molecule has 0 unspecified atom stereocenters. The summed E-state index contributed by atoms with van der Waals surface area (Å²) >= 11 is 0. The van der Waals surface area contributed by atoms with Gasteiger partial charge in [-0.3, -0.25) is 9.47 Å². The number of anilines is 1. The molecular formula is C24H27N7. The number of fused-ring (bicyclic) bond motifs is 1. The summed E-state index contributed by atoms with van der Waals surface area (Å²) in [4.78, 5) is 16.2. The molecule has 7 heteroatoms. The van der Waals surface area contributed by atoms with Crippen molar-refractivity contribution in [1.29, 1.82) is 0 Å². The van der Waals surface area contributed by atoms with Crippen LogP contribution in [0.15, 0.2) is 60.9 Å². The Labute approximate surface area is 182 Å². The molecule has 1 aliphatic heterocycles. The maximum Gasteiger partial charge on any atom is 0.164 e. The van der Waals surface area contributed by atoms with E-state index in [-0.39, 0.29) is 0 Å². The van der Waals surface area contributed by atoms with Gasteiger partial charge >= 0.3 is 0 Å². The molecule has 31 heavy (non-hydrogen) atoms. The van der Waals surface area contributed by atoms with Crippen molar-refractivity contribution in [2.45, 2.75) is 25.4 Å². The smallest absolute Gasteiger partial charge is 0.164 e. The SMILES string of the molecule is CNC1CCN(Cc2ccc(-n3c(-c4cccnc4N)nc4cccnc43)cc2)CC1. The van der Waals surface area contributed by atoms with Gasteiger partial charge in [0.05, 0.1) is 5.56 Å². The van der Waals surface area contributed by atoms with Crippen LogP contribution in [0.5, 0.6) is 0 Å². The van der Waals surface area contributed by atoms with Crippen molar-refractivity contribution in [1.82, 2.24) is 29.7 Å². The number of hydrogen-bond donors (Lipinski definition) is 2. The summed E-state index contributed by atoms with van der Waals surface area (Å²) in [7, 11) is 2.06. The molecular weight excluding hydrogens is 386 g/mol. The fourth-order valence-corrected chi connectivity index (χ4v) is 4.33. The third-order valence-corrected chi connectivity index (χ3v) is 6.09. The van der Waals surface area contributed by atoms with Gasteiger partial charge in [-0.05, 0) is 74.9 Å². The highest BCUT2D eigenvalue weighted by Gasteiger charge is 2.19. The Morgan fingerprint density at radius 1 is 1.00 bits per heavy atom. The third-order valence-electron chi connectivity index (χ3n) is 6.09. The van der Waals surface area contributed by atoms with Gasteiger partial charge in [0, 0.05) is 30.7 Å². The summed E-state index contributed by atoms with van der Waals surface area (Å²) in [6.07, 6.45) is 5.90. The maximum atomic E-state index is 6.17. The Morgan fingerprint density at radius 2 is 1.74 bits per heavy atom. The Morgan fingerprint density at radius 3 is 2.48 bits per heavy atom. The first kappa shape index (κ1) is 19.7. The first-order valence-corrected chi connectivity index (χ1v) is 10.8. The van der Waals surface area contributed by atoms with E-state index < -0.39 is 0 Å². The second-order valence-electron chi connectivity index (χ2n) is 8.06. The summed E-state index contributed by atoms with van der Waals surface area (Å²) < 4.78 is 2.06. The molecule has 4 aromatic rings. The minimum atomic E-state index is 0.459. The number of nitrogen functional groups attached to an aromatic ring is 1. The van der Waals surface area contributed by atoms with Gasteiger partial charge in [0.25, 0.3) is 0 Å². The molecule has 0 atom stereocenters. The molecule has 5 rings (SSSR count). The largest absolute Gasteiger partial charge is 0.383 e. The summed E-state index contributed by atoms with van der Waals surface area (Å²) in [6, 6.07) is 17.0. The quantitative estimate of drug-likeness (QED) is 0.522. The number of piperidine rings is 1. The normalized spacial score (nSPS) is 15.5. The molecule has 4 heterocycles. The zero-order chi connectivity index (χ0) is 21.2. The van der Waals surface area contributed by atoms with Gasteiger partial charge < -0.3 is 11.1 Å². The minimum absolute atomic E-state index is 0.459. The van der Waals surface area contributed by atoms with Crippen molar-refractivity contribution in [2.24, 2.45) is 0 Å². The number of imidazole rings is 1. The van der Waals surface area contributed by atoms with Crippen LogP contribution < -0.4 is 11.1 Å². The van der Waals surface area contributed by atoms with E-state index in [1.165, 1.54) is 18.4 Å². The number of rotatable bonds is 5. The molecule has 158 valence electrons. The van der Waals surface area contributed by atoms with Gasteiger partial charge in [0.15, 0.2) is 11.5 Å². The number of nitrogens with zero attached hydrogens (tertiary/aromatic N) is 5. The summed E-state index contributed by atoms with van der Waals surface area (Å²) in [6.45, 7) is 3.24. The van der Waals surface area contributed by atoms with Crippen LogP contribution in [0.3, 0.4) is 0 Å². The number of nitrogens with one attached hydrogen (secondary N) is 1. The van der Waals surface area contributed by atoms with Gasteiger partial charge in [0.1, 0.15) is 11.3 Å². The fraction of sp³-hybridized carbons (Fsp3) is 0.292. The van der Waals surface area contributed by atoms with Crippen molar-refractivity contribution in [3.63, 3.8) is 0 Å². The Bertz CT molecular complexity index is 1170. The van der Waals surface area contributed by atoms with Crippen LogP contribution >= 0.6 is 0 Å². The van der Waals surface area contributed by atoms with E-state index in [0.29, 0.717) is 11.9 Å². The Kier molecular flexibility index (Phi) is 5.36. The number of hydrogen-bond acceptors (Lipinski definition) is 6. The average Bonchev–Trinajstić information content (AvgIpc) is 3.20. The summed E-state index contributed by atoms with van der Waals surface area (Å²) in [5, 5.41) is 3.39. The van der Waals surface area contributed by atoms with Crippen LogP contribution in [0.4, 0.5) is 5.82 Å². The molecule has 0 bridgehead atoms. The van der Waals surface area contributed by atoms with Gasteiger partial charge in [-0.25, -0.2) is 15.0 Å². The number of pyridine rings is 2. The van der Waals surface area contributed by atoms with Gasteiger partial charge in [0.2, 0.25) is 0 Å². The van der Waals surface area contributed by atoms with Gasteiger partial charge in [-0.15, -0.1) is 0 Å². The van der Waals surface area contributed by atoms with Gasteiger partial charge in [-0.2, -0.15) is 0 Å². The second kappa shape index (κ2) is 8.45. The summed E-state index contributed by atoms with van der Waals surface area (Å²) in [5.74, 6) is 1.21. The zero-order valence-electron chi connectivity index (χ0n) is 17.7. The average molecular weight is 414 g/mol. The van der Waals surface area contributed by atoms with Crippen molar-refractivity contribution < 1.29 is 0 Å². The molecule has 3 aromatic heterocycles. The van der Waals surface area contributed by atoms with Crippen molar-refractivity contribution in [3.05, 3.63) is 66.5 Å². The molecule has 1 aromatic carbocycles. The Hall–Kier alpha value is -3.29. The monoisotopic (exact) mass is 413 g/mol. The lowest BCUT2D eigenvalue weighted by Crippen LogP contribution is -2.40. The molecule has 0 radical (unpaired) electrons. The van der Waals surface area contributed by atoms with E-state index in [9.17, 15) is 0 Å².